The Balaban J connectivity index is 1.82. The second kappa shape index (κ2) is 7.17. The molecule has 0 atom stereocenters. The number of likely N-dealkylation sites (tertiary alicyclic amines) is 1. The second-order valence-corrected chi connectivity index (χ2v) is 5.75. The van der Waals surface area contributed by atoms with Gasteiger partial charge in [0.1, 0.15) is 0 Å². The third-order valence-electron chi connectivity index (χ3n) is 3.36. The zero-order valence-corrected chi connectivity index (χ0v) is 12.5. The summed E-state index contributed by atoms with van der Waals surface area (Å²) in [6.45, 7) is 3.85. The molecule has 3 nitrogen and oxygen atoms in total. The summed E-state index contributed by atoms with van der Waals surface area (Å²) in [5.74, 6) is -0.127. The van der Waals surface area contributed by atoms with Gasteiger partial charge < -0.3 is 10.2 Å². The normalized spacial score (nSPS) is 16.3. The molecular formula is C14H19ClN2OS. The number of piperidine rings is 1. The number of halogens is 1. The maximum atomic E-state index is 12.0. The first kappa shape index (κ1) is 14.7. The van der Waals surface area contributed by atoms with Gasteiger partial charge in [-0.1, -0.05) is 18.0 Å². The number of benzene rings is 1. The summed E-state index contributed by atoms with van der Waals surface area (Å²) >= 11 is 10.2. The van der Waals surface area contributed by atoms with Crippen LogP contribution in [0.2, 0.25) is 5.02 Å². The first-order chi connectivity index (χ1) is 9.16. The van der Waals surface area contributed by atoms with E-state index in [1.807, 2.05) is 0 Å². The lowest BCUT2D eigenvalue weighted by Gasteiger charge is -2.26. The van der Waals surface area contributed by atoms with E-state index in [9.17, 15) is 4.79 Å². The molecule has 1 saturated heterocycles. The third-order valence-corrected chi connectivity index (χ3v) is 3.96. The minimum atomic E-state index is -0.127. The van der Waals surface area contributed by atoms with Gasteiger partial charge in [-0.2, -0.15) is 0 Å². The van der Waals surface area contributed by atoms with Crippen molar-refractivity contribution < 1.29 is 4.79 Å². The SMILES string of the molecule is O=C(NCCN1CCCCC1)c1cc(S)ccc1Cl. The molecule has 0 saturated carbocycles. The van der Waals surface area contributed by atoms with E-state index < -0.39 is 0 Å². The monoisotopic (exact) mass is 298 g/mol. The van der Waals surface area contributed by atoms with Crippen LogP contribution in [0.5, 0.6) is 0 Å². The summed E-state index contributed by atoms with van der Waals surface area (Å²) in [4.78, 5) is 15.1. The number of hydrogen-bond acceptors (Lipinski definition) is 3. The van der Waals surface area contributed by atoms with Crippen molar-refractivity contribution in [1.29, 1.82) is 0 Å². The average Bonchev–Trinajstić information content (AvgIpc) is 2.42. The van der Waals surface area contributed by atoms with E-state index in [2.05, 4.69) is 22.8 Å². The molecule has 1 aromatic rings. The lowest BCUT2D eigenvalue weighted by Crippen LogP contribution is -2.37. The van der Waals surface area contributed by atoms with Gasteiger partial charge in [0, 0.05) is 18.0 Å². The van der Waals surface area contributed by atoms with Crippen LogP contribution in [-0.4, -0.2) is 37.0 Å². The van der Waals surface area contributed by atoms with E-state index in [1.54, 1.807) is 18.2 Å². The second-order valence-electron chi connectivity index (χ2n) is 4.82. The standard InChI is InChI=1S/C14H19ClN2OS/c15-13-5-4-11(19)10-12(13)14(18)16-6-9-17-7-2-1-3-8-17/h4-5,10,19H,1-3,6-9H2,(H,16,18). The Morgan fingerprint density at radius 3 is 2.79 bits per heavy atom. The smallest absolute Gasteiger partial charge is 0.252 e. The van der Waals surface area contributed by atoms with Crippen molar-refractivity contribution in [3.05, 3.63) is 28.8 Å². The maximum Gasteiger partial charge on any atom is 0.252 e. The zero-order chi connectivity index (χ0) is 13.7. The minimum absolute atomic E-state index is 0.127. The van der Waals surface area contributed by atoms with Gasteiger partial charge in [0.25, 0.3) is 5.91 Å². The average molecular weight is 299 g/mol. The van der Waals surface area contributed by atoms with Gasteiger partial charge >= 0.3 is 0 Å². The van der Waals surface area contributed by atoms with Gasteiger partial charge in [-0.15, -0.1) is 12.6 Å². The molecule has 0 radical (unpaired) electrons. The number of thiol groups is 1. The quantitative estimate of drug-likeness (QED) is 0.838. The van der Waals surface area contributed by atoms with Gasteiger partial charge in [0.15, 0.2) is 0 Å². The van der Waals surface area contributed by atoms with Gasteiger partial charge in [0.05, 0.1) is 10.6 Å². The molecule has 0 aliphatic carbocycles. The van der Waals surface area contributed by atoms with E-state index in [-0.39, 0.29) is 5.91 Å². The summed E-state index contributed by atoms with van der Waals surface area (Å²) < 4.78 is 0. The van der Waals surface area contributed by atoms with Crippen LogP contribution in [0.15, 0.2) is 23.1 Å². The van der Waals surface area contributed by atoms with Gasteiger partial charge in [-0.25, -0.2) is 0 Å². The molecule has 0 aromatic heterocycles. The highest BCUT2D eigenvalue weighted by molar-refractivity contribution is 7.80. The van der Waals surface area contributed by atoms with Crippen LogP contribution in [0.1, 0.15) is 29.6 Å². The summed E-state index contributed by atoms with van der Waals surface area (Å²) in [7, 11) is 0. The highest BCUT2D eigenvalue weighted by atomic mass is 35.5. The molecule has 2 rings (SSSR count). The first-order valence-corrected chi connectivity index (χ1v) is 7.48. The molecule has 1 aliphatic heterocycles. The Hall–Kier alpha value is -0.710. The van der Waals surface area contributed by atoms with Crippen LogP contribution in [0, 0.1) is 0 Å². The summed E-state index contributed by atoms with van der Waals surface area (Å²) in [6.07, 6.45) is 3.86. The Morgan fingerprint density at radius 2 is 2.05 bits per heavy atom. The van der Waals surface area contributed by atoms with Crippen LogP contribution in [0.4, 0.5) is 0 Å². The van der Waals surface area contributed by atoms with Crippen molar-refractivity contribution in [3.8, 4) is 0 Å². The Bertz CT molecular complexity index is 447. The molecule has 1 heterocycles. The van der Waals surface area contributed by atoms with Crippen molar-refractivity contribution in [2.75, 3.05) is 26.2 Å². The highest BCUT2D eigenvalue weighted by Gasteiger charge is 2.12. The molecule has 0 bridgehead atoms. The van der Waals surface area contributed by atoms with Crippen molar-refractivity contribution >= 4 is 30.1 Å². The van der Waals surface area contributed by atoms with E-state index in [4.69, 9.17) is 11.6 Å². The van der Waals surface area contributed by atoms with Crippen LogP contribution in [0.25, 0.3) is 0 Å². The van der Waals surface area contributed by atoms with Crippen LogP contribution < -0.4 is 5.32 Å². The molecule has 1 N–H and O–H groups in total. The molecule has 1 amide bonds. The topological polar surface area (TPSA) is 32.3 Å². The maximum absolute atomic E-state index is 12.0. The van der Waals surface area contributed by atoms with Crippen LogP contribution in [0.3, 0.4) is 0 Å². The molecule has 5 heteroatoms. The predicted molar refractivity (Wildman–Crippen MR) is 81.3 cm³/mol. The molecular weight excluding hydrogens is 280 g/mol. The Labute approximate surface area is 124 Å². The molecule has 1 fully saturated rings. The third kappa shape index (κ3) is 4.41. The number of rotatable bonds is 4. The highest BCUT2D eigenvalue weighted by Crippen LogP contribution is 2.19. The zero-order valence-electron chi connectivity index (χ0n) is 10.9. The Morgan fingerprint density at radius 1 is 1.32 bits per heavy atom. The lowest BCUT2D eigenvalue weighted by molar-refractivity contribution is 0.0946. The summed E-state index contributed by atoms with van der Waals surface area (Å²) in [6, 6.07) is 5.17. The number of nitrogens with one attached hydrogen (secondary N) is 1. The fourth-order valence-corrected chi connectivity index (χ4v) is 2.70. The number of nitrogens with zero attached hydrogens (tertiary/aromatic N) is 1. The van der Waals surface area contributed by atoms with E-state index >= 15 is 0 Å². The van der Waals surface area contributed by atoms with Crippen molar-refractivity contribution in [3.63, 3.8) is 0 Å². The van der Waals surface area contributed by atoms with E-state index in [0.717, 1.165) is 24.5 Å². The molecule has 1 aromatic carbocycles. The van der Waals surface area contributed by atoms with Crippen molar-refractivity contribution in [1.82, 2.24) is 10.2 Å². The molecule has 19 heavy (non-hydrogen) atoms. The fourth-order valence-electron chi connectivity index (χ4n) is 2.29. The van der Waals surface area contributed by atoms with Crippen LogP contribution >= 0.6 is 24.2 Å². The number of hydrogen-bond donors (Lipinski definition) is 2. The van der Waals surface area contributed by atoms with E-state index in [0.29, 0.717) is 17.1 Å². The first-order valence-electron chi connectivity index (χ1n) is 6.66. The van der Waals surface area contributed by atoms with Gasteiger partial charge in [-0.3, -0.25) is 4.79 Å². The van der Waals surface area contributed by atoms with Crippen molar-refractivity contribution in [2.45, 2.75) is 24.2 Å². The lowest BCUT2D eigenvalue weighted by atomic mass is 10.1. The minimum Gasteiger partial charge on any atom is -0.351 e. The van der Waals surface area contributed by atoms with Gasteiger partial charge in [-0.05, 0) is 44.1 Å². The molecule has 0 unspecified atom stereocenters. The number of carbonyl (C=O) groups is 1. The summed E-state index contributed by atoms with van der Waals surface area (Å²) in [5, 5.41) is 3.38. The van der Waals surface area contributed by atoms with Crippen molar-refractivity contribution in [2.24, 2.45) is 0 Å². The van der Waals surface area contributed by atoms with Gasteiger partial charge in [0.2, 0.25) is 0 Å². The number of carbonyl (C=O) groups excluding carboxylic acids is 1. The molecule has 0 spiro atoms. The van der Waals surface area contributed by atoms with Crippen LogP contribution in [-0.2, 0) is 0 Å². The van der Waals surface area contributed by atoms with E-state index in [1.165, 1.54) is 19.3 Å². The predicted octanol–water partition coefficient (Wildman–Crippen LogP) is 2.84. The Kier molecular flexibility index (Phi) is 5.55. The fraction of sp³-hybridized carbons (Fsp3) is 0.500. The molecule has 104 valence electrons. The summed E-state index contributed by atoms with van der Waals surface area (Å²) in [5.41, 5.74) is 0.493. The number of amides is 1. The largest absolute Gasteiger partial charge is 0.351 e. The molecule has 1 aliphatic rings.